The van der Waals surface area contributed by atoms with Crippen LogP contribution in [0.15, 0.2) is 41.3 Å². The first-order valence-electron chi connectivity index (χ1n) is 11.9. The van der Waals surface area contributed by atoms with Crippen LogP contribution in [0.4, 0.5) is 9.18 Å². The molecule has 0 aliphatic carbocycles. The number of nitrogens with one attached hydrogen (secondary N) is 2. The number of carbonyl (C=O) groups is 2. The number of halogens is 1. The summed E-state index contributed by atoms with van der Waals surface area (Å²) in [6.45, 7) is 3.35. The number of aromatic hydroxyl groups is 1. The van der Waals surface area contributed by atoms with Crippen molar-refractivity contribution in [2.75, 3.05) is 45.9 Å². The number of benzene rings is 1. The summed E-state index contributed by atoms with van der Waals surface area (Å²) in [5.74, 6) is -1.64. The Morgan fingerprint density at radius 2 is 1.76 bits per heavy atom. The van der Waals surface area contributed by atoms with Gasteiger partial charge in [0.2, 0.25) is 0 Å². The fraction of sp³-hybridized carbons (Fsp3) is 0.360. The number of amides is 2. The molecule has 1 saturated heterocycles. The fourth-order valence-electron chi connectivity index (χ4n) is 4.22. The predicted molar refractivity (Wildman–Crippen MR) is 132 cm³/mol. The van der Waals surface area contributed by atoms with Gasteiger partial charge in [0.25, 0.3) is 11.5 Å². The molecule has 1 aliphatic heterocycles. The lowest BCUT2D eigenvalue weighted by Crippen LogP contribution is -2.42. The van der Waals surface area contributed by atoms with Crippen molar-refractivity contribution < 1.29 is 28.9 Å². The van der Waals surface area contributed by atoms with Crippen LogP contribution >= 0.6 is 0 Å². The van der Waals surface area contributed by atoms with Crippen molar-refractivity contribution >= 4 is 23.0 Å². The van der Waals surface area contributed by atoms with Gasteiger partial charge in [-0.05, 0) is 35.7 Å². The van der Waals surface area contributed by atoms with Crippen LogP contribution in [0.5, 0.6) is 5.75 Å². The zero-order valence-corrected chi connectivity index (χ0v) is 20.1. The monoisotopic (exact) mass is 513 g/mol. The van der Waals surface area contributed by atoms with Crippen molar-refractivity contribution in [1.82, 2.24) is 25.1 Å². The van der Waals surface area contributed by atoms with Crippen LogP contribution in [0, 0.1) is 5.82 Å². The van der Waals surface area contributed by atoms with Crippen molar-refractivity contribution in [2.24, 2.45) is 0 Å². The maximum absolute atomic E-state index is 13.4. The number of carboxylic acid groups (broad SMARTS) is 1. The van der Waals surface area contributed by atoms with E-state index in [1.807, 2.05) is 0 Å². The minimum absolute atomic E-state index is 0.0381. The summed E-state index contributed by atoms with van der Waals surface area (Å²) < 4.78 is 19.8. The van der Waals surface area contributed by atoms with Crippen LogP contribution in [-0.4, -0.2) is 82.6 Å². The van der Waals surface area contributed by atoms with Gasteiger partial charge >= 0.3 is 6.09 Å². The minimum Gasteiger partial charge on any atom is -0.505 e. The second kappa shape index (κ2) is 11.8. The summed E-state index contributed by atoms with van der Waals surface area (Å²) in [4.78, 5) is 43.7. The third kappa shape index (κ3) is 6.40. The summed E-state index contributed by atoms with van der Waals surface area (Å²) >= 11 is 0. The molecule has 1 aromatic carbocycles. The highest BCUT2D eigenvalue weighted by atomic mass is 19.1. The van der Waals surface area contributed by atoms with E-state index in [9.17, 15) is 23.9 Å². The van der Waals surface area contributed by atoms with Crippen LogP contribution in [-0.2, 0) is 17.7 Å². The molecule has 12 heteroatoms. The molecule has 3 aromatic rings. The SMILES string of the molecule is O=C(O)NCCn1c(=O)c(C(=O)NCCN2CCOCC2)c(O)c2ncc(Cc3ccc(F)cc3)cc21. The van der Waals surface area contributed by atoms with E-state index in [1.165, 1.54) is 22.9 Å². The number of aromatic nitrogens is 2. The molecule has 0 radical (unpaired) electrons. The van der Waals surface area contributed by atoms with Crippen LogP contribution in [0.2, 0.25) is 0 Å². The zero-order valence-electron chi connectivity index (χ0n) is 20.1. The first-order chi connectivity index (χ1) is 17.8. The van der Waals surface area contributed by atoms with Gasteiger partial charge in [0, 0.05) is 45.5 Å². The minimum atomic E-state index is -1.26. The van der Waals surface area contributed by atoms with Gasteiger partial charge in [0.05, 0.1) is 18.7 Å². The molecule has 37 heavy (non-hydrogen) atoms. The number of hydrogen-bond donors (Lipinski definition) is 4. The second-order valence-corrected chi connectivity index (χ2v) is 8.64. The van der Waals surface area contributed by atoms with E-state index in [0.29, 0.717) is 31.7 Å². The largest absolute Gasteiger partial charge is 0.505 e. The molecule has 196 valence electrons. The van der Waals surface area contributed by atoms with Gasteiger partial charge in [0.15, 0.2) is 5.75 Å². The highest BCUT2D eigenvalue weighted by Crippen LogP contribution is 2.26. The van der Waals surface area contributed by atoms with Gasteiger partial charge in [0.1, 0.15) is 16.9 Å². The Morgan fingerprint density at radius 1 is 1.05 bits per heavy atom. The van der Waals surface area contributed by atoms with Crippen molar-refractivity contribution in [3.8, 4) is 5.75 Å². The average molecular weight is 514 g/mol. The van der Waals surface area contributed by atoms with Crippen molar-refractivity contribution in [3.63, 3.8) is 0 Å². The first-order valence-corrected chi connectivity index (χ1v) is 11.9. The van der Waals surface area contributed by atoms with Gasteiger partial charge in [-0.1, -0.05) is 12.1 Å². The summed E-state index contributed by atoms with van der Waals surface area (Å²) in [6, 6.07) is 7.59. The topological polar surface area (TPSA) is 146 Å². The van der Waals surface area contributed by atoms with E-state index in [2.05, 4.69) is 20.5 Å². The lowest BCUT2D eigenvalue weighted by molar-refractivity contribution is 0.0383. The summed E-state index contributed by atoms with van der Waals surface area (Å²) in [7, 11) is 0. The first kappa shape index (κ1) is 26.0. The van der Waals surface area contributed by atoms with E-state index >= 15 is 0 Å². The summed E-state index contributed by atoms with van der Waals surface area (Å²) in [5, 5.41) is 24.7. The molecule has 0 atom stereocenters. The number of morpholine rings is 1. The van der Waals surface area contributed by atoms with Gasteiger partial charge in [-0.15, -0.1) is 0 Å². The molecule has 0 spiro atoms. The Bertz CT molecular complexity index is 1340. The van der Waals surface area contributed by atoms with Crippen LogP contribution in [0.3, 0.4) is 0 Å². The third-order valence-corrected chi connectivity index (χ3v) is 6.11. The highest BCUT2D eigenvalue weighted by Gasteiger charge is 2.23. The molecule has 1 fully saturated rings. The van der Waals surface area contributed by atoms with Gasteiger partial charge in [-0.3, -0.25) is 19.5 Å². The number of ether oxygens (including phenoxy) is 1. The number of carbonyl (C=O) groups excluding carboxylic acids is 1. The summed E-state index contributed by atoms with van der Waals surface area (Å²) in [6.07, 6.45) is 0.637. The number of hydrogen-bond acceptors (Lipinski definition) is 7. The van der Waals surface area contributed by atoms with Gasteiger partial charge < -0.3 is 30.2 Å². The zero-order chi connectivity index (χ0) is 26.4. The molecule has 11 nitrogen and oxygen atoms in total. The van der Waals surface area contributed by atoms with Gasteiger partial charge in [-0.2, -0.15) is 0 Å². The molecule has 2 aromatic heterocycles. The maximum Gasteiger partial charge on any atom is 0.404 e. The van der Waals surface area contributed by atoms with E-state index in [4.69, 9.17) is 9.84 Å². The average Bonchev–Trinajstić information content (AvgIpc) is 2.88. The Balaban J connectivity index is 1.64. The molecular weight excluding hydrogens is 485 g/mol. The molecule has 4 rings (SSSR count). The predicted octanol–water partition coefficient (Wildman–Crippen LogP) is 1.16. The van der Waals surface area contributed by atoms with Crippen molar-refractivity contribution in [3.05, 3.63) is 69.4 Å². The normalized spacial score (nSPS) is 14.0. The lowest BCUT2D eigenvalue weighted by Gasteiger charge is -2.26. The molecule has 0 saturated carbocycles. The lowest BCUT2D eigenvalue weighted by atomic mass is 10.1. The Morgan fingerprint density at radius 3 is 2.46 bits per heavy atom. The van der Waals surface area contributed by atoms with Crippen molar-refractivity contribution in [2.45, 2.75) is 13.0 Å². The van der Waals surface area contributed by atoms with Crippen LogP contribution in [0.25, 0.3) is 11.0 Å². The molecule has 1 aliphatic rings. The molecular formula is C25H28FN5O6. The highest BCUT2D eigenvalue weighted by molar-refractivity contribution is 6.01. The van der Waals surface area contributed by atoms with Gasteiger partial charge in [-0.25, -0.2) is 9.18 Å². The number of fused-ring (bicyclic) bond motifs is 1. The van der Waals surface area contributed by atoms with E-state index in [1.54, 1.807) is 18.2 Å². The fourth-order valence-corrected chi connectivity index (χ4v) is 4.22. The molecule has 2 amide bonds. The molecule has 0 unspecified atom stereocenters. The third-order valence-electron chi connectivity index (χ3n) is 6.11. The smallest absolute Gasteiger partial charge is 0.404 e. The Labute approximate surface area is 211 Å². The Kier molecular flexibility index (Phi) is 8.31. The van der Waals surface area contributed by atoms with E-state index in [-0.39, 0.29) is 36.5 Å². The van der Waals surface area contributed by atoms with Crippen molar-refractivity contribution in [1.29, 1.82) is 0 Å². The quantitative estimate of drug-likeness (QED) is 0.334. The molecule has 0 bridgehead atoms. The molecule has 4 N–H and O–H groups in total. The maximum atomic E-state index is 13.4. The number of nitrogens with zero attached hydrogens (tertiary/aromatic N) is 3. The Hall–Kier alpha value is -4.03. The standard InChI is InChI=1S/C25H28FN5O6/c26-18-3-1-16(2-4-18)13-17-14-19-21(29-15-17)22(32)20(24(34)31(19)8-6-28-25(35)36)23(33)27-5-7-30-9-11-37-12-10-30/h1-4,14-15,28,32H,5-13H2,(H,27,33)(H,35,36). The van der Waals surface area contributed by atoms with E-state index < -0.39 is 28.9 Å². The van der Waals surface area contributed by atoms with Crippen LogP contribution in [0.1, 0.15) is 21.5 Å². The number of pyridine rings is 2. The van der Waals surface area contributed by atoms with E-state index in [0.717, 1.165) is 18.7 Å². The van der Waals surface area contributed by atoms with Crippen LogP contribution < -0.4 is 16.2 Å². The number of rotatable bonds is 9. The molecule has 3 heterocycles. The summed E-state index contributed by atoms with van der Waals surface area (Å²) in [5.41, 5.74) is 0.561. The second-order valence-electron chi connectivity index (χ2n) is 8.64.